The molecule has 1 aromatic carbocycles. The molecule has 4 heteroatoms. The molecule has 0 radical (unpaired) electrons. The third kappa shape index (κ3) is 3.68. The lowest BCUT2D eigenvalue weighted by Crippen LogP contribution is -2.39. The number of thiophene rings is 1. The highest BCUT2D eigenvalue weighted by atomic mass is 79.9. The summed E-state index contributed by atoms with van der Waals surface area (Å²) in [5.74, 6) is 1.02. The molecule has 1 unspecified atom stereocenters. The summed E-state index contributed by atoms with van der Waals surface area (Å²) in [6.07, 6.45) is 2.06. The Bertz CT molecular complexity index is 623. The summed E-state index contributed by atoms with van der Waals surface area (Å²) >= 11 is 5.33. The Kier molecular flexibility index (Phi) is 4.38. The number of nitrogens with one attached hydrogen (secondary N) is 1. The number of benzene rings is 1. The summed E-state index contributed by atoms with van der Waals surface area (Å²) in [6, 6.07) is 13.1. The molecule has 1 N–H and O–H groups in total. The van der Waals surface area contributed by atoms with Crippen LogP contribution in [0.25, 0.3) is 0 Å². The van der Waals surface area contributed by atoms with Gasteiger partial charge in [-0.15, -0.1) is 11.3 Å². The van der Waals surface area contributed by atoms with E-state index in [4.69, 9.17) is 4.74 Å². The normalized spacial score (nSPS) is 19.9. The van der Waals surface area contributed by atoms with Gasteiger partial charge in [-0.1, -0.05) is 18.2 Å². The Morgan fingerprint density at radius 1 is 1.29 bits per heavy atom. The van der Waals surface area contributed by atoms with Crippen LogP contribution in [0.15, 0.2) is 40.2 Å². The van der Waals surface area contributed by atoms with Gasteiger partial charge in [0, 0.05) is 29.4 Å². The van der Waals surface area contributed by atoms with Crippen molar-refractivity contribution in [3.63, 3.8) is 0 Å². The minimum atomic E-state index is -0.113. The van der Waals surface area contributed by atoms with E-state index in [1.54, 1.807) is 0 Å². The fourth-order valence-electron chi connectivity index (χ4n) is 2.84. The lowest BCUT2D eigenvalue weighted by molar-refractivity contribution is 0.0662. The van der Waals surface area contributed by atoms with Crippen LogP contribution in [0.5, 0.6) is 5.75 Å². The SMILES string of the molecule is CC1(C)CC(NCCc2ccc(Br)s2)c2ccccc2O1. The highest BCUT2D eigenvalue weighted by molar-refractivity contribution is 9.11. The molecule has 3 rings (SSSR count). The van der Waals surface area contributed by atoms with Crippen molar-refractivity contribution in [2.45, 2.75) is 38.3 Å². The zero-order valence-corrected chi connectivity index (χ0v) is 14.8. The van der Waals surface area contributed by atoms with Crippen LogP contribution in [0.1, 0.15) is 36.8 Å². The number of halogens is 1. The van der Waals surface area contributed by atoms with E-state index in [9.17, 15) is 0 Å². The zero-order chi connectivity index (χ0) is 14.9. The van der Waals surface area contributed by atoms with E-state index < -0.39 is 0 Å². The minimum Gasteiger partial charge on any atom is -0.487 e. The number of para-hydroxylation sites is 1. The van der Waals surface area contributed by atoms with Crippen LogP contribution in [0.2, 0.25) is 0 Å². The maximum Gasteiger partial charge on any atom is 0.124 e. The highest BCUT2D eigenvalue weighted by Gasteiger charge is 2.32. The molecule has 21 heavy (non-hydrogen) atoms. The molecule has 1 aliphatic rings. The van der Waals surface area contributed by atoms with Crippen molar-refractivity contribution in [1.82, 2.24) is 5.32 Å². The lowest BCUT2D eigenvalue weighted by Gasteiger charge is -2.38. The second kappa shape index (κ2) is 6.11. The number of hydrogen-bond donors (Lipinski definition) is 1. The van der Waals surface area contributed by atoms with Crippen molar-refractivity contribution in [3.05, 3.63) is 50.6 Å². The van der Waals surface area contributed by atoms with Gasteiger partial charge < -0.3 is 10.1 Å². The van der Waals surface area contributed by atoms with Gasteiger partial charge in [0.1, 0.15) is 11.4 Å². The van der Waals surface area contributed by atoms with Crippen LogP contribution < -0.4 is 10.1 Å². The molecule has 0 aliphatic carbocycles. The van der Waals surface area contributed by atoms with Crippen LogP contribution in [0.4, 0.5) is 0 Å². The van der Waals surface area contributed by atoms with Crippen molar-refractivity contribution in [2.24, 2.45) is 0 Å². The van der Waals surface area contributed by atoms with Gasteiger partial charge in [-0.3, -0.25) is 0 Å². The largest absolute Gasteiger partial charge is 0.487 e. The Labute approximate surface area is 138 Å². The molecular weight excluding hydrogens is 346 g/mol. The van der Waals surface area contributed by atoms with Crippen molar-refractivity contribution in [2.75, 3.05) is 6.54 Å². The second-order valence-electron chi connectivity index (χ2n) is 6.07. The van der Waals surface area contributed by atoms with Crippen molar-refractivity contribution >= 4 is 27.3 Å². The fourth-order valence-corrected chi connectivity index (χ4v) is 4.32. The molecule has 1 aromatic heterocycles. The first kappa shape index (κ1) is 15.1. The monoisotopic (exact) mass is 365 g/mol. The highest BCUT2D eigenvalue weighted by Crippen LogP contribution is 2.39. The Morgan fingerprint density at radius 3 is 2.86 bits per heavy atom. The van der Waals surface area contributed by atoms with Gasteiger partial charge in [0.2, 0.25) is 0 Å². The van der Waals surface area contributed by atoms with E-state index >= 15 is 0 Å². The first-order valence-electron chi connectivity index (χ1n) is 7.29. The van der Waals surface area contributed by atoms with Crippen LogP contribution in [-0.2, 0) is 6.42 Å². The maximum absolute atomic E-state index is 6.07. The fraction of sp³-hybridized carbons (Fsp3) is 0.412. The molecule has 0 saturated heterocycles. The molecule has 0 saturated carbocycles. The second-order valence-corrected chi connectivity index (χ2v) is 8.61. The van der Waals surface area contributed by atoms with E-state index in [2.05, 4.69) is 65.4 Å². The average molecular weight is 366 g/mol. The van der Waals surface area contributed by atoms with Gasteiger partial charge in [0.05, 0.1) is 3.79 Å². The Balaban J connectivity index is 1.67. The summed E-state index contributed by atoms with van der Waals surface area (Å²) in [7, 11) is 0. The number of hydrogen-bond acceptors (Lipinski definition) is 3. The van der Waals surface area contributed by atoms with Gasteiger partial charge >= 0.3 is 0 Å². The van der Waals surface area contributed by atoms with E-state index in [-0.39, 0.29) is 5.60 Å². The summed E-state index contributed by atoms with van der Waals surface area (Å²) in [6.45, 7) is 5.31. The molecule has 0 amide bonds. The third-order valence-corrected chi connectivity index (χ3v) is 5.45. The molecule has 2 nitrogen and oxygen atoms in total. The summed E-state index contributed by atoms with van der Waals surface area (Å²) < 4.78 is 7.28. The first-order chi connectivity index (χ1) is 10.0. The summed E-state index contributed by atoms with van der Waals surface area (Å²) in [5, 5.41) is 3.70. The number of rotatable bonds is 4. The molecule has 1 atom stereocenters. The molecule has 2 aromatic rings. The van der Waals surface area contributed by atoms with Crippen LogP contribution in [-0.4, -0.2) is 12.1 Å². The van der Waals surface area contributed by atoms with E-state index in [0.717, 1.165) is 25.1 Å². The smallest absolute Gasteiger partial charge is 0.124 e. The topological polar surface area (TPSA) is 21.3 Å². The minimum absolute atomic E-state index is 0.113. The van der Waals surface area contributed by atoms with Gasteiger partial charge in [-0.2, -0.15) is 0 Å². The van der Waals surface area contributed by atoms with Gasteiger partial charge in [-0.05, 0) is 54.4 Å². The quantitative estimate of drug-likeness (QED) is 0.827. The summed E-state index contributed by atoms with van der Waals surface area (Å²) in [5.41, 5.74) is 1.17. The zero-order valence-electron chi connectivity index (χ0n) is 12.4. The molecule has 1 aliphatic heterocycles. The Morgan fingerprint density at radius 2 is 2.10 bits per heavy atom. The molecule has 0 fully saturated rings. The molecule has 0 bridgehead atoms. The molecule has 2 heterocycles. The molecule has 112 valence electrons. The molecule has 0 spiro atoms. The van der Waals surface area contributed by atoms with Gasteiger partial charge in [0.15, 0.2) is 0 Å². The van der Waals surface area contributed by atoms with Crippen molar-refractivity contribution in [1.29, 1.82) is 0 Å². The first-order valence-corrected chi connectivity index (χ1v) is 8.90. The third-order valence-electron chi connectivity index (χ3n) is 3.77. The summed E-state index contributed by atoms with van der Waals surface area (Å²) in [4.78, 5) is 1.41. The van der Waals surface area contributed by atoms with Gasteiger partial charge in [0.25, 0.3) is 0 Å². The van der Waals surface area contributed by atoms with Crippen molar-refractivity contribution in [3.8, 4) is 5.75 Å². The van der Waals surface area contributed by atoms with Crippen LogP contribution in [0.3, 0.4) is 0 Å². The maximum atomic E-state index is 6.07. The lowest BCUT2D eigenvalue weighted by atomic mass is 9.89. The number of ether oxygens (including phenoxy) is 1. The predicted octanol–water partition coefficient (Wildman–Crippen LogP) is 4.95. The number of fused-ring (bicyclic) bond motifs is 1. The van der Waals surface area contributed by atoms with Crippen molar-refractivity contribution < 1.29 is 4.74 Å². The van der Waals surface area contributed by atoms with E-state index in [1.807, 2.05) is 17.4 Å². The molecular formula is C17H20BrNOS. The average Bonchev–Trinajstić information content (AvgIpc) is 2.83. The van der Waals surface area contributed by atoms with Crippen LogP contribution >= 0.6 is 27.3 Å². The standard InChI is InChI=1S/C17H20BrNOS/c1-17(2)11-14(13-5-3-4-6-15(13)20-17)19-10-9-12-7-8-16(18)21-12/h3-8,14,19H,9-11H2,1-2H3. The van der Waals surface area contributed by atoms with E-state index in [0.29, 0.717) is 6.04 Å². The van der Waals surface area contributed by atoms with Gasteiger partial charge in [-0.25, -0.2) is 0 Å². The Hall–Kier alpha value is -0.840. The van der Waals surface area contributed by atoms with E-state index in [1.165, 1.54) is 14.2 Å². The van der Waals surface area contributed by atoms with Crippen LogP contribution in [0, 0.1) is 0 Å². The predicted molar refractivity (Wildman–Crippen MR) is 92.2 cm³/mol.